The van der Waals surface area contributed by atoms with Crippen LogP contribution in [0.4, 0.5) is 5.82 Å². The maximum absolute atomic E-state index is 13.1. The molecule has 0 radical (unpaired) electrons. The molecule has 0 atom stereocenters. The van der Waals surface area contributed by atoms with Crippen LogP contribution in [0, 0.1) is 6.92 Å². The molecule has 32 heavy (non-hydrogen) atoms. The van der Waals surface area contributed by atoms with Gasteiger partial charge in [0.25, 0.3) is 5.91 Å². The number of hydrogen-bond acceptors (Lipinski definition) is 7. The molecule has 3 aromatic rings. The van der Waals surface area contributed by atoms with E-state index in [4.69, 9.17) is 9.47 Å². The van der Waals surface area contributed by atoms with Crippen molar-refractivity contribution in [3.05, 3.63) is 54.1 Å². The van der Waals surface area contributed by atoms with Crippen molar-refractivity contribution in [3.8, 4) is 17.3 Å². The van der Waals surface area contributed by atoms with Gasteiger partial charge in [-0.1, -0.05) is 0 Å². The average molecular weight is 437 g/mol. The van der Waals surface area contributed by atoms with Crippen molar-refractivity contribution in [2.75, 3.05) is 44.3 Å². The van der Waals surface area contributed by atoms with Gasteiger partial charge >= 0.3 is 0 Å². The number of carbonyl (C=O) groups excluding carboxylic acids is 1. The lowest BCUT2D eigenvalue weighted by molar-refractivity contribution is 0.0746. The molecule has 9 heteroatoms. The number of anilines is 1. The molecule has 1 aliphatic heterocycles. The Morgan fingerprint density at radius 3 is 2.25 bits per heavy atom. The Morgan fingerprint density at radius 2 is 1.62 bits per heavy atom. The molecule has 0 unspecified atom stereocenters. The standard InChI is InChI=1S/C23H28N6O3/c1-4-31-19-7-6-18(16-20(19)32-5-2)23(30)28-14-12-27(13-15-28)21-8-9-22(26-25-21)29-11-10-24-17(29)3/h6-11,16H,4-5,12-15H2,1-3H3. The molecule has 9 nitrogen and oxygen atoms in total. The second-order valence-corrected chi connectivity index (χ2v) is 7.40. The van der Waals surface area contributed by atoms with E-state index in [2.05, 4.69) is 20.1 Å². The molecule has 1 fully saturated rings. The fraction of sp³-hybridized carbons (Fsp3) is 0.391. The quantitative estimate of drug-likeness (QED) is 0.563. The number of hydrogen-bond donors (Lipinski definition) is 0. The minimum atomic E-state index is -0.00864. The Kier molecular flexibility index (Phi) is 6.53. The first kappa shape index (κ1) is 21.6. The lowest BCUT2D eigenvalue weighted by atomic mass is 10.1. The van der Waals surface area contributed by atoms with Crippen LogP contribution in [-0.2, 0) is 0 Å². The molecule has 0 N–H and O–H groups in total. The minimum Gasteiger partial charge on any atom is -0.490 e. The number of piperazine rings is 1. The summed E-state index contributed by atoms with van der Waals surface area (Å²) in [5.41, 5.74) is 0.602. The number of aryl methyl sites for hydroxylation is 1. The summed E-state index contributed by atoms with van der Waals surface area (Å²) in [6, 6.07) is 9.26. The van der Waals surface area contributed by atoms with Crippen molar-refractivity contribution in [1.29, 1.82) is 0 Å². The zero-order valence-corrected chi connectivity index (χ0v) is 18.7. The van der Waals surface area contributed by atoms with E-state index >= 15 is 0 Å². The summed E-state index contributed by atoms with van der Waals surface area (Å²) >= 11 is 0. The molecule has 0 aliphatic carbocycles. The van der Waals surface area contributed by atoms with E-state index in [-0.39, 0.29) is 5.91 Å². The van der Waals surface area contributed by atoms with Gasteiger partial charge < -0.3 is 19.3 Å². The van der Waals surface area contributed by atoms with Crippen LogP contribution in [0.25, 0.3) is 5.82 Å². The molecule has 1 saturated heterocycles. The minimum absolute atomic E-state index is 0.00864. The highest BCUT2D eigenvalue weighted by Gasteiger charge is 2.24. The van der Waals surface area contributed by atoms with E-state index in [1.165, 1.54) is 0 Å². The second-order valence-electron chi connectivity index (χ2n) is 7.40. The smallest absolute Gasteiger partial charge is 0.254 e. The van der Waals surface area contributed by atoms with Crippen molar-refractivity contribution in [2.45, 2.75) is 20.8 Å². The third-order valence-corrected chi connectivity index (χ3v) is 5.39. The van der Waals surface area contributed by atoms with E-state index in [1.54, 1.807) is 24.4 Å². The van der Waals surface area contributed by atoms with Crippen LogP contribution < -0.4 is 14.4 Å². The summed E-state index contributed by atoms with van der Waals surface area (Å²) in [5, 5.41) is 8.71. The molecule has 1 amide bonds. The monoisotopic (exact) mass is 436 g/mol. The van der Waals surface area contributed by atoms with Gasteiger partial charge in [-0.15, -0.1) is 10.2 Å². The van der Waals surface area contributed by atoms with Gasteiger partial charge in [0, 0.05) is 44.1 Å². The maximum atomic E-state index is 13.1. The van der Waals surface area contributed by atoms with E-state index in [0.717, 1.165) is 17.5 Å². The molecular formula is C23H28N6O3. The lowest BCUT2D eigenvalue weighted by Crippen LogP contribution is -2.49. The molecule has 1 aromatic carbocycles. The first-order chi connectivity index (χ1) is 15.6. The molecule has 3 heterocycles. The van der Waals surface area contributed by atoms with E-state index < -0.39 is 0 Å². The molecule has 168 valence electrons. The Labute approximate surface area is 187 Å². The van der Waals surface area contributed by atoms with Gasteiger partial charge in [-0.05, 0) is 51.1 Å². The Balaban J connectivity index is 1.39. The highest BCUT2D eigenvalue weighted by atomic mass is 16.5. The van der Waals surface area contributed by atoms with Crippen molar-refractivity contribution in [3.63, 3.8) is 0 Å². The van der Waals surface area contributed by atoms with Crippen LogP contribution in [-0.4, -0.2) is 69.9 Å². The Morgan fingerprint density at radius 1 is 0.938 bits per heavy atom. The number of aromatic nitrogens is 4. The fourth-order valence-corrected chi connectivity index (χ4v) is 3.74. The van der Waals surface area contributed by atoms with Crippen molar-refractivity contribution in [2.24, 2.45) is 0 Å². The highest BCUT2D eigenvalue weighted by Crippen LogP contribution is 2.29. The summed E-state index contributed by atoms with van der Waals surface area (Å²) in [6.07, 6.45) is 3.60. The number of ether oxygens (including phenoxy) is 2. The van der Waals surface area contributed by atoms with Crippen molar-refractivity contribution >= 4 is 11.7 Å². The van der Waals surface area contributed by atoms with Gasteiger partial charge in [-0.25, -0.2) is 4.98 Å². The third kappa shape index (κ3) is 4.51. The number of rotatable bonds is 7. The topological polar surface area (TPSA) is 85.6 Å². The molecule has 4 rings (SSSR count). The molecule has 1 aliphatic rings. The average Bonchev–Trinajstić information content (AvgIpc) is 3.26. The number of amides is 1. The molecule has 0 saturated carbocycles. The fourth-order valence-electron chi connectivity index (χ4n) is 3.74. The summed E-state index contributed by atoms with van der Waals surface area (Å²) < 4.78 is 13.1. The predicted molar refractivity (Wildman–Crippen MR) is 121 cm³/mol. The van der Waals surface area contributed by atoms with Crippen molar-refractivity contribution in [1.82, 2.24) is 24.6 Å². The lowest BCUT2D eigenvalue weighted by Gasteiger charge is -2.35. The molecule has 2 aromatic heterocycles. The van der Waals surface area contributed by atoms with Crippen LogP contribution in [0.3, 0.4) is 0 Å². The van der Waals surface area contributed by atoms with Crippen LogP contribution in [0.15, 0.2) is 42.7 Å². The zero-order chi connectivity index (χ0) is 22.5. The first-order valence-corrected chi connectivity index (χ1v) is 10.9. The predicted octanol–water partition coefficient (Wildman–Crippen LogP) is 2.73. The van der Waals surface area contributed by atoms with Gasteiger partial charge in [0.1, 0.15) is 5.82 Å². The van der Waals surface area contributed by atoms with Crippen molar-refractivity contribution < 1.29 is 14.3 Å². The third-order valence-electron chi connectivity index (χ3n) is 5.39. The van der Waals surface area contributed by atoms with E-state index in [9.17, 15) is 4.79 Å². The Bertz CT molecular complexity index is 1060. The van der Waals surface area contributed by atoms with Crippen LogP contribution in [0.5, 0.6) is 11.5 Å². The first-order valence-electron chi connectivity index (χ1n) is 10.9. The maximum Gasteiger partial charge on any atom is 0.254 e. The Hall–Kier alpha value is -3.62. The summed E-state index contributed by atoms with van der Waals surface area (Å²) in [4.78, 5) is 21.3. The number of carbonyl (C=O) groups is 1. The van der Waals surface area contributed by atoms with Crippen LogP contribution >= 0.6 is 0 Å². The molecule has 0 spiro atoms. The summed E-state index contributed by atoms with van der Waals surface area (Å²) in [5.74, 6) is 3.65. The van der Waals surface area contributed by atoms with E-state index in [0.29, 0.717) is 56.5 Å². The summed E-state index contributed by atoms with van der Waals surface area (Å²) in [7, 11) is 0. The highest BCUT2D eigenvalue weighted by molar-refractivity contribution is 5.95. The van der Waals surface area contributed by atoms with Gasteiger partial charge in [-0.2, -0.15) is 0 Å². The SMILES string of the molecule is CCOc1ccc(C(=O)N2CCN(c3ccc(-n4ccnc4C)nn3)CC2)cc1OCC. The van der Waals surface area contributed by atoms with Gasteiger partial charge in [0.2, 0.25) is 0 Å². The van der Waals surface area contributed by atoms with E-state index in [1.807, 2.05) is 48.6 Å². The second kappa shape index (κ2) is 9.67. The van der Waals surface area contributed by atoms with Gasteiger partial charge in [0.15, 0.2) is 23.1 Å². The zero-order valence-electron chi connectivity index (χ0n) is 18.7. The van der Waals surface area contributed by atoms with Gasteiger partial charge in [0.05, 0.1) is 13.2 Å². The van der Waals surface area contributed by atoms with Gasteiger partial charge in [-0.3, -0.25) is 9.36 Å². The molecular weight excluding hydrogens is 408 g/mol. The number of imidazole rings is 1. The normalized spacial score (nSPS) is 13.8. The molecule has 0 bridgehead atoms. The van der Waals surface area contributed by atoms with Crippen LogP contribution in [0.2, 0.25) is 0 Å². The number of benzene rings is 1. The largest absolute Gasteiger partial charge is 0.490 e. The summed E-state index contributed by atoms with van der Waals surface area (Å²) in [6.45, 7) is 9.42. The number of nitrogens with zero attached hydrogens (tertiary/aromatic N) is 6. The van der Waals surface area contributed by atoms with Crippen LogP contribution in [0.1, 0.15) is 30.0 Å².